The Morgan fingerprint density at radius 1 is 0.933 bits per heavy atom. The van der Waals surface area contributed by atoms with E-state index in [1.165, 1.54) is 30.3 Å². The van der Waals surface area contributed by atoms with E-state index in [1.54, 1.807) is 24.3 Å². The molecule has 1 unspecified atom stereocenters. The molecule has 1 heterocycles. The molecule has 0 saturated carbocycles. The summed E-state index contributed by atoms with van der Waals surface area (Å²) >= 11 is 0. The van der Waals surface area contributed by atoms with Gasteiger partial charge in [-0.2, -0.15) is 5.10 Å². The molecule has 8 nitrogen and oxygen atoms in total. The predicted octanol–water partition coefficient (Wildman–Crippen LogP) is 3.17. The standard InChI is InChI=1S/C22H18N2O6/c25-13-7-5-12(6-8-13)19-11-16(21-18(28)9-14(26)10-20(21)30-19)23-24-22(29)15-3-1-2-4-17(15)27/h1-10,19,25-28H,11H2,(H,24,29). The summed E-state index contributed by atoms with van der Waals surface area (Å²) in [6.45, 7) is 0. The van der Waals surface area contributed by atoms with Crippen LogP contribution < -0.4 is 10.2 Å². The molecular weight excluding hydrogens is 388 g/mol. The number of hydrogen-bond acceptors (Lipinski definition) is 7. The van der Waals surface area contributed by atoms with Gasteiger partial charge in [0.15, 0.2) is 0 Å². The van der Waals surface area contributed by atoms with Gasteiger partial charge in [-0.1, -0.05) is 24.3 Å². The van der Waals surface area contributed by atoms with Crippen LogP contribution in [0.2, 0.25) is 0 Å². The van der Waals surface area contributed by atoms with E-state index in [0.29, 0.717) is 5.71 Å². The number of benzene rings is 3. The lowest BCUT2D eigenvalue weighted by Crippen LogP contribution is -2.25. The normalized spacial score (nSPS) is 16.5. The van der Waals surface area contributed by atoms with E-state index >= 15 is 0 Å². The Balaban J connectivity index is 1.70. The quantitative estimate of drug-likeness (QED) is 0.425. The van der Waals surface area contributed by atoms with Gasteiger partial charge in [-0.3, -0.25) is 4.79 Å². The van der Waals surface area contributed by atoms with E-state index in [0.717, 1.165) is 11.6 Å². The summed E-state index contributed by atoms with van der Waals surface area (Å²) in [5, 5.41) is 43.7. The first-order valence-corrected chi connectivity index (χ1v) is 9.09. The van der Waals surface area contributed by atoms with Crippen LogP contribution in [0.4, 0.5) is 0 Å². The summed E-state index contributed by atoms with van der Waals surface area (Å²) < 4.78 is 5.93. The van der Waals surface area contributed by atoms with E-state index in [1.807, 2.05) is 0 Å². The average Bonchev–Trinajstić information content (AvgIpc) is 2.72. The van der Waals surface area contributed by atoms with E-state index in [2.05, 4.69) is 10.5 Å². The first-order chi connectivity index (χ1) is 14.4. The number of phenols is 4. The number of phenolic OH excluding ortho intramolecular Hbond substituents is 4. The van der Waals surface area contributed by atoms with Crippen LogP contribution in [-0.4, -0.2) is 32.0 Å². The SMILES string of the molecule is O=C(NN=C1CC(c2ccc(O)cc2)Oc2cc(O)cc(O)c21)c1ccccc1O. The van der Waals surface area contributed by atoms with Crippen molar-refractivity contribution in [3.05, 3.63) is 77.4 Å². The number of fused-ring (bicyclic) bond motifs is 1. The zero-order valence-corrected chi connectivity index (χ0v) is 15.6. The van der Waals surface area contributed by atoms with Crippen molar-refractivity contribution in [1.29, 1.82) is 0 Å². The fraction of sp³-hybridized carbons (Fsp3) is 0.0909. The zero-order chi connectivity index (χ0) is 21.3. The number of hydrogen-bond donors (Lipinski definition) is 5. The van der Waals surface area contributed by atoms with Crippen LogP contribution in [0.3, 0.4) is 0 Å². The maximum absolute atomic E-state index is 12.4. The van der Waals surface area contributed by atoms with Crippen LogP contribution in [0.5, 0.6) is 28.7 Å². The Labute approximate surface area is 171 Å². The van der Waals surface area contributed by atoms with Crippen molar-refractivity contribution < 1.29 is 30.0 Å². The van der Waals surface area contributed by atoms with Crippen molar-refractivity contribution in [2.75, 3.05) is 0 Å². The van der Waals surface area contributed by atoms with Crippen molar-refractivity contribution in [2.24, 2.45) is 5.10 Å². The van der Waals surface area contributed by atoms with Crippen molar-refractivity contribution in [3.8, 4) is 28.7 Å². The molecule has 1 atom stereocenters. The Bertz CT molecular complexity index is 1140. The van der Waals surface area contributed by atoms with Crippen molar-refractivity contribution in [3.63, 3.8) is 0 Å². The highest BCUT2D eigenvalue weighted by Gasteiger charge is 2.30. The van der Waals surface area contributed by atoms with Gasteiger partial charge in [0.2, 0.25) is 0 Å². The lowest BCUT2D eigenvalue weighted by Gasteiger charge is -2.28. The molecule has 0 radical (unpaired) electrons. The molecule has 5 N–H and O–H groups in total. The fourth-order valence-electron chi connectivity index (χ4n) is 3.26. The van der Waals surface area contributed by atoms with Crippen molar-refractivity contribution in [2.45, 2.75) is 12.5 Å². The molecule has 152 valence electrons. The second kappa shape index (κ2) is 7.67. The molecule has 1 amide bonds. The fourth-order valence-corrected chi connectivity index (χ4v) is 3.26. The van der Waals surface area contributed by atoms with Gasteiger partial charge in [0, 0.05) is 18.6 Å². The smallest absolute Gasteiger partial charge is 0.275 e. The predicted molar refractivity (Wildman–Crippen MR) is 108 cm³/mol. The van der Waals surface area contributed by atoms with Gasteiger partial charge >= 0.3 is 0 Å². The Morgan fingerprint density at radius 2 is 1.67 bits per heavy atom. The number of rotatable bonds is 3. The topological polar surface area (TPSA) is 132 Å². The Morgan fingerprint density at radius 3 is 2.40 bits per heavy atom. The molecule has 8 heteroatoms. The van der Waals surface area contributed by atoms with Crippen LogP contribution in [-0.2, 0) is 0 Å². The summed E-state index contributed by atoms with van der Waals surface area (Å²) in [6.07, 6.45) is -0.322. The minimum absolute atomic E-state index is 0.0548. The molecule has 0 fully saturated rings. The Hall–Kier alpha value is -4.20. The highest BCUT2D eigenvalue weighted by atomic mass is 16.5. The highest BCUT2D eigenvalue weighted by Crippen LogP contribution is 2.42. The number of carbonyl (C=O) groups is 1. The molecule has 0 spiro atoms. The molecule has 0 aliphatic carbocycles. The average molecular weight is 406 g/mol. The third kappa shape index (κ3) is 3.70. The number of nitrogens with one attached hydrogen (secondary N) is 1. The zero-order valence-electron chi connectivity index (χ0n) is 15.6. The van der Waals surface area contributed by atoms with Crippen LogP contribution in [0, 0.1) is 0 Å². The number of para-hydroxylation sites is 1. The van der Waals surface area contributed by atoms with Crippen molar-refractivity contribution >= 4 is 11.6 Å². The molecule has 30 heavy (non-hydrogen) atoms. The maximum Gasteiger partial charge on any atom is 0.275 e. The summed E-state index contributed by atoms with van der Waals surface area (Å²) in [4.78, 5) is 12.4. The van der Waals surface area contributed by atoms with E-state index in [-0.39, 0.29) is 46.3 Å². The van der Waals surface area contributed by atoms with E-state index < -0.39 is 12.0 Å². The highest BCUT2D eigenvalue weighted by molar-refractivity contribution is 6.07. The third-order valence-corrected chi connectivity index (χ3v) is 4.71. The summed E-state index contributed by atoms with van der Waals surface area (Å²) in [5.41, 5.74) is 3.76. The second-order valence-corrected chi connectivity index (χ2v) is 6.76. The van der Waals surface area contributed by atoms with E-state index in [9.17, 15) is 25.2 Å². The number of hydrazone groups is 1. The monoisotopic (exact) mass is 406 g/mol. The molecule has 0 bridgehead atoms. The molecule has 0 saturated heterocycles. The first-order valence-electron chi connectivity index (χ1n) is 9.09. The minimum Gasteiger partial charge on any atom is -0.508 e. The van der Waals surface area contributed by atoms with Crippen LogP contribution in [0.15, 0.2) is 65.8 Å². The van der Waals surface area contributed by atoms with Gasteiger partial charge in [0.05, 0.1) is 16.8 Å². The molecule has 3 aromatic carbocycles. The van der Waals surface area contributed by atoms with Crippen LogP contribution in [0.25, 0.3) is 0 Å². The molecule has 1 aliphatic heterocycles. The van der Waals surface area contributed by atoms with Gasteiger partial charge in [-0.05, 0) is 29.8 Å². The van der Waals surface area contributed by atoms with Gasteiger partial charge in [0.1, 0.15) is 34.9 Å². The van der Waals surface area contributed by atoms with Gasteiger partial charge < -0.3 is 25.2 Å². The van der Waals surface area contributed by atoms with Gasteiger partial charge in [-0.15, -0.1) is 0 Å². The number of nitrogens with zero attached hydrogens (tertiary/aromatic N) is 1. The lowest BCUT2D eigenvalue weighted by atomic mass is 9.94. The summed E-state index contributed by atoms with van der Waals surface area (Å²) in [5.74, 6) is -0.924. The number of ether oxygens (including phenoxy) is 1. The maximum atomic E-state index is 12.4. The number of aromatic hydroxyl groups is 4. The van der Waals surface area contributed by atoms with Gasteiger partial charge in [0.25, 0.3) is 5.91 Å². The van der Waals surface area contributed by atoms with Gasteiger partial charge in [-0.25, -0.2) is 5.43 Å². The molecule has 1 aliphatic rings. The third-order valence-electron chi connectivity index (χ3n) is 4.71. The summed E-state index contributed by atoms with van der Waals surface area (Å²) in [7, 11) is 0. The second-order valence-electron chi connectivity index (χ2n) is 6.76. The number of amides is 1. The minimum atomic E-state index is -0.618. The first kappa shape index (κ1) is 19.1. The summed E-state index contributed by atoms with van der Waals surface area (Å²) in [6, 6.07) is 15.0. The number of carbonyl (C=O) groups excluding carboxylic acids is 1. The molecule has 0 aromatic heterocycles. The molecule has 4 rings (SSSR count). The van der Waals surface area contributed by atoms with Crippen LogP contribution >= 0.6 is 0 Å². The van der Waals surface area contributed by atoms with Crippen LogP contribution in [0.1, 0.15) is 34.0 Å². The van der Waals surface area contributed by atoms with Crippen molar-refractivity contribution in [1.82, 2.24) is 5.43 Å². The van der Waals surface area contributed by atoms with E-state index in [4.69, 9.17) is 4.74 Å². The molecule has 3 aromatic rings. The Kier molecular flexibility index (Phi) is 4.89. The molecular formula is C22H18N2O6. The lowest BCUT2D eigenvalue weighted by molar-refractivity contribution is 0.0951. The largest absolute Gasteiger partial charge is 0.508 e.